The lowest BCUT2D eigenvalue weighted by molar-refractivity contribution is 0.841. The van der Waals surface area contributed by atoms with Crippen molar-refractivity contribution in [3.05, 3.63) is 97.1 Å². The van der Waals surface area contributed by atoms with Gasteiger partial charge in [-0.3, -0.25) is 0 Å². The minimum Gasteiger partial charge on any atom is -0.435 e. The van der Waals surface area contributed by atoms with Crippen molar-refractivity contribution in [3.8, 4) is 33.6 Å². The Bertz CT molecular complexity index is 1460. The maximum absolute atomic E-state index is 5.18. The van der Waals surface area contributed by atoms with Gasteiger partial charge in [0.1, 0.15) is 0 Å². The van der Waals surface area contributed by atoms with Gasteiger partial charge in [-0.2, -0.15) is 0 Å². The van der Waals surface area contributed by atoms with E-state index in [4.69, 9.17) is 9.97 Å². The fourth-order valence-corrected chi connectivity index (χ4v) is 10.9. The molecule has 206 valence electrons. The van der Waals surface area contributed by atoms with Crippen LogP contribution >= 0.6 is 7.26 Å². The number of rotatable bonds is 13. The maximum Gasteiger partial charge on any atom is 0.0939 e. The van der Waals surface area contributed by atoms with E-state index in [2.05, 4.69) is 118 Å². The van der Waals surface area contributed by atoms with Crippen molar-refractivity contribution < 1.29 is 0 Å². The van der Waals surface area contributed by atoms with Crippen LogP contribution in [-0.2, 0) is 0 Å². The van der Waals surface area contributed by atoms with E-state index in [1.165, 1.54) is 73.7 Å². The highest BCUT2D eigenvalue weighted by Crippen LogP contribution is 2.59. The van der Waals surface area contributed by atoms with Crippen molar-refractivity contribution in [1.82, 2.24) is 9.97 Å². The van der Waals surface area contributed by atoms with Crippen molar-refractivity contribution in [2.75, 3.05) is 18.5 Å². The summed E-state index contributed by atoms with van der Waals surface area (Å²) in [6.07, 6.45) is 12.0. The molecule has 0 spiro atoms. The smallest absolute Gasteiger partial charge is 0.0939 e. The van der Waals surface area contributed by atoms with E-state index in [-0.39, 0.29) is 0 Å². The van der Waals surface area contributed by atoms with Crippen molar-refractivity contribution in [2.24, 2.45) is 0 Å². The van der Waals surface area contributed by atoms with E-state index >= 15 is 0 Å². The maximum atomic E-state index is 5.18. The fourth-order valence-electron chi connectivity index (χ4n) is 5.94. The molecule has 0 amide bonds. The number of imidazole rings is 1. The zero-order valence-electron chi connectivity index (χ0n) is 24.4. The highest BCUT2D eigenvalue weighted by atomic mass is 31.2. The third-order valence-electron chi connectivity index (χ3n) is 8.24. The van der Waals surface area contributed by atoms with E-state index in [1.54, 1.807) is 5.30 Å². The molecule has 0 fully saturated rings. The van der Waals surface area contributed by atoms with Crippen LogP contribution in [0.3, 0.4) is 0 Å². The molecule has 0 aliphatic rings. The Kier molecular flexibility index (Phi) is 9.50. The zero-order valence-corrected chi connectivity index (χ0v) is 25.3. The van der Waals surface area contributed by atoms with Crippen molar-refractivity contribution in [2.45, 2.75) is 59.3 Å². The standard InChI is InChI=1S/C37H43N2P/c1-4-7-26-40(27-8-5-2,28-9-6-3)32-22-20-31(21-23-32)37-38-34-25-24-33(29-16-12-10-13-17-29)35(36(34)39-37)30-18-14-11-15-19-30/h10-25H,4-9,26-28H2,1-3H3. The summed E-state index contributed by atoms with van der Waals surface area (Å²) >= 11 is 0. The molecule has 0 aliphatic heterocycles. The minimum atomic E-state index is -1.17. The molecule has 0 N–H and O–H groups in total. The summed E-state index contributed by atoms with van der Waals surface area (Å²) in [5.41, 5.74) is 7.76. The highest BCUT2D eigenvalue weighted by molar-refractivity contribution is 7.82. The second-order valence-corrected chi connectivity index (χ2v) is 15.2. The van der Waals surface area contributed by atoms with E-state index < -0.39 is 7.26 Å². The number of fused-ring (bicyclic) bond motifs is 1. The average Bonchev–Trinajstić information content (AvgIpc) is 3.46. The summed E-state index contributed by atoms with van der Waals surface area (Å²) in [6.45, 7) is 7.01. The second kappa shape index (κ2) is 13.4. The third-order valence-corrected chi connectivity index (χ3v) is 13.2. The van der Waals surface area contributed by atoms with Crippen LogP contribution in [0.1, 0.15) is 59.3 Å². The van der Waals surface area contributed by atoms with Gasteiger partial charge in [-0.25, -0.2) is 0 Å². The molecule has 0 saturated heterocycles. The molecule has 1 aromatic heterocycles. The normalized spacial score (nSPS) is 11.8. The number of nitrogens with zero attached hydrogens (tertiary/aromatic N) is 2. The van der Waals surface area contributed by atoms with Gasteiger partial charge in [0.15, 0.2) is 0 Å². The molecule has 4 aromatic carbocycles. The fraction of sp³-hybridized carbons (Fsp3) is 0.324. The topological polar surface area (TPSA) is 27.0 Å². The predicted molar refractivity (Wildman–Crippen MR) is 177 cm³/mol. The van der Waals surface area contributed by atoms with Gasteiger partial charge in [-0.05, 0) is 70.2 Å². The molecular weight excluding hydrogens is 503 g/mol. The van der Waals surface area contributed by atoms with E-state index in [0.29, 0.717) is 0 Å². The molecule has 40 heavy (non-hydrogen) atoms. The monoisotopic (exact) mass is 546 g/mol. The first-order valence-corrected chi connectivity index (χ1v) is 17.6. The number of hydrogen-bond donors (Lipinski definition) is 0. The third kappa shape index (κ3) is 6.08. The largest absolute Gasteiger partial charge is 0.435 e. The highest BCUT2D eigenvalue weighted by Gasteiger charge is 2.37. The Labute approximate surface area is 241 Å². The Morgan fingerprint density at radius 1 is 0.575 bits per heavy atom. The molecule has 5 aromatic rings. The molecule has 0 unspecified atom stereocenters. The van der Waals surface area contributed by atoms with Gasteiger partial charge >= 0.3 is 0 Å². The lowest BCUT2D eigenvalue weighted by atomic mass is 9.93. The first kappa shape index (κ1) is 28.3. The van der Waals surface area contributed by atoms with Crippen LogP contribution < -0.4 is 10.3 Å². The first-order chi connectivity index (χ1) is 19.7. The van der Waals surface area contributed by atoms with Crippen LogP contribution in [-0.4, -0.2) is 23.5 Å². The molecular formula is C37H43N2P. The van der Waals surface area contributed by atoms with Gasteiger partial charge in [-0.1, -0.05) is 131 Å². The molecule has 1 heterocycles. The summed E-state index contributed by atoms with van der Waals surface area (Å²) in [7, 11) is -1.17. The van der Waals surface area contributed by atoms with Crippen molar-refractivity contribution in [3.63, 3.8) is 0 Å². The van der Waals surface area contributed by atoms with Crippen molar-refractivity contribution in [1.29, 1.82) is 0 Å². The average molecular weight is 547 g/mol. The molecule has 0 radical (unpaired) electrons. The zero-order chi connectivity index (χ0) is 27.8. The van der Waals surface area contributed by atoms with Crippen LogP contribution in [0.25, 0.3) is 44.7 Å². The molecule has 5 rings (SSSR count). The van der Waals surface area contributed by atoms with Gasteiger partial charge in [0.2, 0.25) is 0 Å². The Balaban J connectivity index is 1.56. The van der Waals surface area contributed by atoms with Crippen LogP contribution in [0, 0.1) is 0 Å². The lowest BCUT2D eigenvalue weighted by Gasteiger charge is -2.28. The van der Waals surface area contributed by atoms with Crippen LogP contribution in [0.15, 0.2) is 97.1 Å². The predicted octanol–water partition coefficient (Wildman–Crippen LogP) is 10.2. The minimum absolute atomic E-state index is 0.823. The second-order valence-electron chi connectivity index (χ2n) is 11.1. The van der Waals surface area contributed by atoms with Gasteiger partial charge in [0.25, 0.3) is 0 Å². The number of unbranched alkanes of at least 4 members (excludes halogenated alkanes) is 3. The molecule has 0 bridgehead atoms. The molecule has 0 atom stereocenters. The SMILES string of the molecule is CCCC[P+](CCCC)(CCCC)c1ccc(-c2nc3ccc(-c4ccccc4)c(-c4ccccc4)c3[n-]2)cc1. The first-order valence-electron chi connectivity index (χ1n) is 15.2. The summed E-state index contributed by atoms with van der Waals surface area (Å²) in [5.74, 6) is 0.823. The molecule has 0 saturated carbocycles. The molecule has 2 nitrogen and oxygen atoms in total. The Morgan fingerprint density at radius 2 is 1.12 bits per heavy atom. The summed E-state index contributed by atoms with van der Waals surface area (Å²) in [6, 6.07) is 35.0. The van der Waals surface area contributed by atoms with Gasteiger partial charge in [0, 0.05) is 7.26 Å². The van der Waals surface area contributed by atoms with E-state index in [1.807, 2.05) is 0 Å². The number of hydrogen-bond acceptors (Lipinski definition) is 1. The number of aromatic nitrogens is 2. The lowest BCUT2D eigenvalue weighted by Crippen LogP contribution is -2.21. The molecule has 0 aliphatic carbocycles. The van der Waals surface area contributed by atoms with Crippen LogP contribution in [0.2, 0.25) is 0 Å². The summed E-state index contributed by atoms with van der Waals surface area (Å²) in [4.78, 5) is 10.2. The van der Waals surface area contributed by atoms with Crippen LogP contribution in [0.4, 0.5) is 0 Å². The van der Waals surface area contributed by atoms with Crippen LogP contribution in [0.5, 0.6) is 0 Å². The van der Waals surface area contributed by atoms with E-state index in [0.717, 1.165) is 28.0 Å². The van der Waals surface area contributed by atoms with Gasteiger partial charge in [-0.15, -0.1) is 0 Å². The molecule has 3 heteroatoms. The Hall–Kier alpha value is -3.22. The Morgan fingerprint density at radius 3 is 1.68 bits per heavy atom. The van der Waals surface area contributed by atoms with Gasteiger partial charge < -0.3 is 9.97 Å². The summed E-state index contributed by atoms with van der Waals surface area (Å²) < 4.78 is 0. The number of benzene rings is 4. The van der Waals surface area contributed by atoms with Gasteiger partial charge in [0.05, 0.1) is 23.8 Å². The van der Waals surface area contributed by atoms with Crippen molar-refractivity contribution >= 4 is 23.6 Å². The quantitative estimate of drug-likeness (QED) is 0.137. The summed E-state index contributed by atoms with van der Waals surface area (Å²) in [5, 5.41) is 1.61. The van der Waals surface area contributed by atoms with E-state index in [9.17, 15) is 0 Å².